The third-order valence-electron chi connectivity index (χ3n) is 2.30. The topological polar surface area (TPSA) is 0 Å². The third-order valence-corrected chi connectivity index (χ3v) is 2.30. The molecule has 0 atom stereocenters. The second kappa shape index (κ2) is 15.2. The summed E-state index contributed by atoms with van der Waals surface area (Å²) in [4.78, 5) is 0. The van der Waals surface area contributed by atoms with Crippen LogP contribution in [0, 0.1) is 33.1 Å². The zero-order valence-corrected chi connectivity index (χ0v) is 17.5. The fourth-order valence-electron chi connectivity index (χ4n) is 1.45. The molecule has 2 aromatic carbocycles. The monoisotopic (exact) mass is 396 g/mol. The summed E-state index contributed by atoms with van der Waals surface area (Å²) in [5.41, 5.74) is 2.28. The second-order valence-electron chi connectivity index (χ2n) is 3.27. The van der Waals surface area contributed by atoms with Gasteiger partial charge in [0.2, 0.25) is 0 Å². The van der Waals surface area contributed by atoms with Gasteiger partial charge in [0.15, 0.2) is 0 Å². The van der Waals surface area contributed by atoms with Crippen molar-refractivity contribution in [1.82, 2.24) is 0 Å². The Morgan fingerprint density at radius 2 is 1.42 bits per heavy atom. The van der Waals surface area contributed by atoms with Gasteiger partial charge in [-0.2, -0.15) is 35.8 Å². The van der Waals surface area contributed by atoms with E-state index in [2.05, 4.69) is 31.1 Å². The van der Waals surface area contributed by atoms with Crippen LogP contribution in [-0.2, 0) is 65.4 Å². The van der Waals surface area contributed by atoms with Crippen LogP contribution in [0.2, 0.25) is 6.82 Å². The number of hydrogen-bond acceptors (Lipinski definition) is 0. The molecule has 0 fully saturated rings. The van der Waals surface area contributed by atoms with Gasteiger partial charge in [-0.25, -0.2) is 0 Å². The van der Waals surface area contributed by atoms with Crippen LogP contribution in [0.5, 0.6) is 0 Å². The van der Waals surface area contributed by atoms with Crippen LogP contribution >= 0.6 is 0 Å². The van der Waals surface area contributed by atoms with Crippen molar-refractivity contribution in [2.75, 3.05) is 0 Å². The van der Waals surface area contributed by atoms with Crippen molar-refractivity contribution in [3.05, 3.63) is 75.5 Å². The Morgan fingerprint density at radius 1 is 0.895 bits per heavy atom. The van der Waals surface area contributed by atoms with E-state index in [0.29, 0.717) is 6.71 Å². The Hall–Kier alpha value is 0.778. The van der Waals surface area contributed by atoms with Gasteiger partial charge in [0.25, 0.3) is 0 Å². The van der Waals surface area contributed by atoms with Gasteiger partial charge in [0.1, 0.15) is 6.71 Å². The molecule has 0 saturated carbocycles. The molecule has 0 amide bonds. The van der Waals surface area contributed by atoms with Crippen molar-refractivity contribution in [3.8, 4) is 0 Å². The van der Waals surface area contributed by atoms with Crippen LogP contribution in [0.25, 0.3) is 0 Å². The zero-order chi connectivity index (χ0) is 9.80. The Morgan fingerprint density at radius 3 is 1.89 bits per heavy atom. The molecule has 0 aliphatic rings. The summed E-state index contributed by atoms with van der Waals surface area (Å²) >= 11 is 0. The zero-order valence-electron chi connectivity index (χ0n) is 11.9. The molecule has 0 saturated heterocycles. The fraction of sp³-hybridized carbons (Fsp3) is 0.0667. The standard InChI is InChI=1S/C13H10B.2CH3.B.2Y/c1-14(12-8-4-2-5-9-12)13-10-6-3-7-11-13;;;;;/h2-8H,1H3;2*1H3;;;/q-3;2*-1;;;+3. The van der Waals surface area contributed by atoms with Crippen molar-refractivity contribution < 1.29 is 65.4 Å². The molecule has 0 heterocycles. The summed E-state index contributed by atoms with van der Waals surface area (Å²) in [7, 11) is 0. The smallest absolute Gasteiger partial charge is 0.364 e. The Labute approximate surface area is 172 Å². The Kier molecular flexibility index (Phi) is 22.4. The predicted octanol–water partition coefficient (Wildman–Crippen LogP) is 1.84. The van der Waals surface area contributed by atoms with E-state index < -0.39 is 0 Å². The first-order valence-corrected chi connectivity index (χ1v) is 4.73. The molecule has 2 rings (SSSR count). The summed E-state index contributed by atoms with van der Waals surface area (Å²) in [5, 5.41) is 0. The van der Waals surface area contributed by atoms with Crippen molar-refractivity contribution in [2.24, 2.45) is 0 Å². The van der Waals surface area contributed by atoms with Crippen LogP contribution < -0.4 is 10.9 Å². The fourth-order valence-corrected chi connectivity index (χ4v) is 1.45. The van der Waals surface area contributed by atoms with Crippen LogP contribution in [0.3, 0.4) is 0 Å². The minimum absolute atomic E-state index is 0. The van der Waals surface area contributed by atoms with Crippen LogP contribution in [0.15, 0.2) is 42.5 Å². The maximum Gasteiger partial charge on any atom is 3.00 e. The van der Waals surface area contributed by atoms with E-state index in [9.17, 15) is 0 Å². The second-order valence-corrected chi connectivity index (χ2v) is 3.27. The number of benzene rings is 2. The maximum absolute atomic E-state index is 3.23. The van der Waals surface area contributed by atoms with Gasteiger partial charge in [-0.05, 0) is 0 Å². The molecule has 4 heteroatoms. The van der Waals surface area contributed by atoms with E-state index in [0.717, 1.165) is 5.46 Å². The van der Waals surface area contributed by atoms with Crippen molar-refractivity contribution in [1.29, 1.82) is 0 Å². The van der Waals surface area contributed by atoms with E-state index in [-0.39, 0.29) is 88.7 Å². The van der Waals surface area contributed by atoms with E-state index in [1.54, 1.807) is 0 Å². The first-order chi connectivity index (χ1) is 6.88. The molecule has 0 spiro atoms. The molecule has 0 unspecified atom stereocenters. The van der Waals surface area contributed by atoms with Gasteiger partial charge in [0.05, 0.1) is 0 Å². The summed E-state index contributed by atoms with van der Waals surface area (Å²) < 4.78 is 0. The Bertz CT molecular complexity index is 354. The van der Waals surface area contributed by atoms with Crippen LogP contribution in [0.1, 0.15) is 0 Å². The maximum atomic E-state index is 3.23. The molecule has 0 bridgehead atoms. The van der Waals surface area contributed by atoms with Crippen molar-refractivity contribution >= 4 is 26.1 Å². The third kappa shape index (κ3) is 8.61. The normalized spacial score (nSPS) is 7.21. The average molecular weight is 396 g/mol. The summed E-state index contributed by atoms with van der Waals surface area (Å²) in [6.45, 7) is 2.46. The molecule has 0 aliphatic heterocycles. The van der Waals surface area contributed by atoms with E-state index in [1.165, 1.54) is 5.46 Å². The summed E-state index contributed by atoms with van der Waals surface area (Å²) in [6.07, 6.45) is 0. The van der Waals surface area contributed by atoms with Crippen LogP contribution in [0.4, 0.5) is 0 Å². The Balaban J connectivity index is -0.000000225. The van der Waals surface area contributed by atoms with E-state index in [1.807, 2.05) is 36.4 Å². The van der Waals surface area contributed by atoms with E-state index in [4.69, 9.17) is 0 Å². The summed E-state index contributed by atoms with van der Waals surface area (Å²) in [5.74, 6) is 0. The molecule has 0 aromatic heterocycles. The largest absolute Gasteiger partial charge is 3.00 e. The molecule has 4 radical (unpaired) electrons. The molecule has 19 heavy (non-hydrogen) atoms. The molecule has 0 aliphatic carbocycles. The van der Waals surface area contributed by atoms with Gasteiger partial charge >= 0.3 is 32.7 Å². The minimum atomic E-state index is 0. The number of hydrogen-bond donors (Lipinski definition) is 0. The quantitative estimate of drug-likeness (QED) is 0.538. The SMILES string of the molecule is CB(c1[c-]ccc[c-]1)c1[c-]cccc1.[B].[CH3-].[CH3-].[Y+3].[Y]. The summed E-state index contributed by atoms with van der Waals surface area (Å²) in [6, 6.07) is 23.4. The molecule has 0 nitrogen and oxygen atoms in total. The van der Waals surface area contributed by atoms with Gasteiger partial charge in [-0.15, -0.1) is 0 Å². The molecule has 90 valence electrons. The first-order valence-electron chi connectivity index (χ1n) is 4.73. The molecule has 0 N–H and O–H groups in total. The minimum Gasteiger partial charge on any atom is -0.364 e. The van der Waals surface area contributed by atoms with Crippen LogP contribution in [-0.4, -0.2) is 15.1 Å². The predicted molar refractivity (Wildman–Crippen MR) is 78.9 cm³/mol. The average Bonchev–Trinajstić information content (AvgIpc) is 2.30. The molecular weight excluding hydrogens is 380 g/mol. The number of rotatable bonds is 2. The molecule has 2 aromatic rings. The van der Waals surface area contributed by atoms with E-state index >= 15 is 0 Å². The first kappa shape index (κ1) is 28.0. The van der Waals surface area contributed by atoms with Gasteiger partial charge in [-0.3, -0.25) is 18.2 Å². The van der Waals surface area contributed by atoms with Gasteiger partial charge in [0, 0.05) is 41.1 Å². The van der Waals surface area contributed by atoms with Crippen molar-refractivity contribution in [3.63, 3.8) is 0 Å². The van der Waals surface area contributed by atoms with Gasteiger partial charge in [-0.1, -0.05) is 6.82 Å². The van der Waals surface area contributed by atoms with Gasteiger partial charge < -0.3 is 32.4 Å². The van der Waals surface area contributed by atoms with Crippen molar-refractivity contribution in [2.45, 2.75) is 6.82 Å². The molecular formula is C15H16B2Y2-2.